The zero-order chi connectivity index (χ0) is 17.9. The molecule has 0 radical (unpaired) electrons. The number of carbonyl (C=O) groups is 1. The van der Waals surface area contributed by atoms with Gasteiger partial charge in [0.15, 0.2) is 6.10 Å². The first kappa shape index (κ1) is 18.3. The third kappa shape index (κ3) is 4.09. The molecule has 1 aliphatic heterocycles. The Balaban J connectivity index is 1.95. The van der Waals surface area contributed by atoms with Crippen LogP contribution in [0.4, 0.5) is 18.0 Å². The summed E-state index contributed by atoms with van der Waals surface area (Å²) in [6.45, 7) is -0.272. The van der Waals surface area contributed by atoms with Crippen molar-refractivity contribution in [3.05, 3.63) is 29.8 Å². The van der Waals surface area contributed by atoms with Crippen LogP contribution in [0.25, 0.3) is 0 Å². The van der Waals surface area contributed by atoms with Crippen LogP contribution in [0.3, 0.4) is 0 Å². The summed E-state index contributed by atoms with van der Waals surface area (Å²) < 4.78 is 51.9. The summed E-state index contributed by atoms with van der Waals surface area (Å²) in [5.41, 5.74) is 0.734. The molecular formula is C15H18F3NO5. The van der Waals surface area contributed by atoms with Gasteiger partial charge in [0, 0.05) is 20.6 Å². The molecule has 0 saturated carbocycles. The van der Waals surface area contributed by atoms with Crippen LogP contribution < -0.4 is 4.74 Å². The van der Waals surface area contributed by atoms with E-state index in [4.69, 9.17) is 19.3 Å². The topological polar surface area (TPSA) is 68.2 Å². The van der Waals surface area contributed by atoms with E-state index in [1.165, 1.54) is 12.0 Å². The Morgan fingerprint density at radius 1 is 1.33 bits per heavy atom. The largest absolute Gasteiger partial charge is 0.493 e. The van der Waals surface area contributed by atoms with Crippen LogP contribution in [0, 0.1) is 0 Å². The second kappa shape index (κ2) is 7.27. The monoisotopic (exact) mass is 349 g/mol. The van der Waals surface area contributed by atoms with Gasteiger partial charge in [-0.05, 0) is 17.7 Å². The van der Waals surface area contributed by atoms with Gasteiger partial charge in [-0.3, -0.25) is 4.90 Å². The summed E-state index contributed by atoms with van der Waals surface area (Å²) in [6, 6.07) is 6.05. The average Bonchev–Trinajstić information content (AvgIpc) is 2.82. The fraction of sp³-hybridized carbons (Fsp3) is 0.533. The van der Waals surface area contributed by atoms with Crippen LogP contribution in [0.15, 0.2) is 24.3 Å². The molecule has 1 aromatic carbocycles. The predicted octanol–water partition coefficient (Wildman–Crippen LogP) is 2.47. The number of hydrogen-bond acceptors (Lipinski definition) is 5. The second-order valence-corrected chi connectivity index (χ2v) is 5.31. The number of methoxy groups -OCH3 is 1. The quantitative estimate of drug-likeness (QED) is 0.855. The highest BCUT2D eigenvalue weighted by molar-refractivity contribution is 5.70. The maximum Gasteiger partial charge on any atom is 0.414 e. The van der Waals surface area contributed by atoms with Crippen molar-refractivity contribution in [2.24, 2.45) is 0 Å². The van der Waals surface area contributed by atoms with E-state index in [0.29, 0.717) is 5.75 Å². The molecule has 6 nitrogen and oxygen atoms in total. The molecule has 0 aromatic heterocycles. The molecule has 1 N–H and O–H groups in total. The number of likely N-dealkylation sites (N-methyl/N-ethyl adjacent to an activating group) is 1. The van der Waals surface area contributed by atoms with Crippen LogP contribution in [0.1, 0.15) is 18.0 Å². The summed E-state index contributed by atoms with van der Waals surface area (Å²) in [7, 11) is 3.00. The Morgan fingerprint density at radius 3 is 2.50 bits per heavy atom. The van der Waals surface area contributed by atoms with Gasteiger partial charge in [-0.2, -0.15) is 13.2 Å². The molecule has 1 saturated heterocycles. The van der Waals surface area contributed by atoms with Crippen LogP contribution in [0.5, 0.6) is 5.75 Å². The molecule has 1 heterocycles. The van der Waals surface area contributed by atoms with Crippen molar-refractivity contribution in [1.29, 1.82) is 0 Å². The number of amides is 1. The molecule has 1 unspecified atom stereocenters. The minimum Gasteiger partial charge on any atom is -0.493 e. The number of rotatable bonds is 6. The summed E-state index contributed by atoms with van der Waals surface area (Å²) in [5.74, 6) is 0.356. The number of cyclic esters (lactones) is 1. The number of nitrogens with zero attached hydrogens (tertiary/aromatic N) is 1. The lowest BCUT2D eigenvalue weighted by atomic mass is 10.1. The number of alkyl halides is 3. The van der Waals surface area contributed by atoms with Crippen molar-refractivity contribution in [1.82, 2.24) is 4.90 Å². The van der Waals surface area contributed by atoms with Crippen LogP contribution in [-0.4, -0.2) is 55.4 Å². The molecule has 134 valence electrons. The van der Waals surface area contributed by atoms with Gasteiger partial charge in [0.05, 0.1) is 6.61 Å². The number of halogens is 3. The van der Waals surface area contributed by atoms with Crippen molar-refractivity contribution in [3.8, 4) is 5.75 Å². The number of aliphatic hydroxyl groups is 1. The van der Waals surface area contributed by atoms with Gasteiger partial charge in [0.2, 0.25) is 6.29 Å². The molecule has 0 bridgehead atoms. The zero-order valence-corrected chi connectivity index (χ0v) is 13.1. The maximum absolute atomic E-state index is 12.2. The summed E-state index contributed by atoms with van der Waals surface area (Å²) >= 11 is 0. The van der Waals surface area contributed by atoms with E-state index in [-0.39, 0.29) is 6.61 Å². The van der Waals surface area contributed by atoms with E-state index in [1.807, 2.05) is 0 Å². The Labute approximate surface area is 136 Å². The van der Waals surface area contributed by atoms with E-state index in [2.05, 4.69) is 0 Å². The first-order chi connectivity index (χ1) is 11.2. The van der Waals surface area contributed by atoms with E-state index < -0.39 is 37.1 Å². The van der Waals surface area contributed by atoms with Crippen LogP contribution in [-0.2, 0) is 9.47 Å². The highest BCUT2D eigenvalue weighted by Gasteiger charge is 2.41. The Bertz CT molecular complexity index is 563. The smallest absolute Gasteiger partial charge is 0.414 e. The molecule has 1 aromatic rings. The van der Waals surface area contributed by atoms with Gasteiger partial charge >= 0.3 is 12.3 Å². The molecule has 9 heteroatoms. The van der Waals surface area contributed by atoms with Crippen LogP contribution >= 0.6 is 0 Å². The van der Waals surface area contributed by atoms with Gasteiger partial charge < -0.3 is 19.3 Å². The molecule has 24 heavy (non-hydrogen) atoms. The molecule has 1 amide bonds. The third-order valence-corrected chi connectivity index (χ3v) is 3.67. The molecule has 0 spiro atoms. The Hall–Kier alpha value is -2.00. The van der Waals surface area contributed by atoms with E-state index >= 15 is 0 Å². The van der Waals surface area contributed by atoms with Crippen molar-refractivity contribution in [2.45, 2.75) is 31.0 Å². The highest BCUT2D eigenvalue weighted by Crippen LogP contribution is 2.33. The number of carbonyl (C=O) groups excluding carboxylic acids is 1. The Kier molecular flexibility index (Phi) is 5.55. The average molecular weight is 349 g/mol. The highest BCUT2D eigenvalue weighted by atomic mass is 19.4. The van der Waals surface area contributed by atoms with E-state index in [1.54, 1.807) is 31.3 Å². The Morgan fingerprint density at radius 2 is 1.96 bits per heavy atom. The molecule has 2 rings (SSSR count). The fourth-order valence-corrected chi connectivity index (χ4v) is 2.31. The van der Waals surface area contributed by atoms with Crippen molar-refractivity contribution in [3.63, 3.8) is 0 Å². The lowest BCUT2D eigenvalue weighted by molar-refractivity contribution is -0.206. The maximum atomic E-state index is 12.2. The lowest BCUT2D eigenvalue weighted by Crippen LogP contribution is -2.30. The fourth-order valence-electron chi connectivity index (χ4n) is 2.31. The molecule has 0 aliphatic carbocycles. The van der Waals surface area contributed by atoms with E-state index in [9.17, 15) is 18.0 Å². The minimum absolute atomic E-state index is 0.272. The van der Waals surface area contributed by atoms with Gasteiger partial charge in [0.25, 0.3) is 0 Å². The number of aliphatic hydroxyl groups excluding tert-OH is 1. The third-order valence-electron chi connectivity index (χ3n) is 3.67. The summed E-state index contributed by atoms with van der Waals surface area (Å²) in [5, 5.41) is 8.89. The molecule has 1 aliphatic rings. The van der Waals surface area contributed by atoms with Gasteiger partial charge in [0.1, 0.15) is 11.8 Å². The van der Waals surface area contributed by atoms with Gasteiger partial charge in [-0.25, -0.2) is 4.79 Å². The first-order valence-electron chi connectivity index (χ1n) is 7.18. The minimum atomic E-state index is -4.65. The predicted molar refractivity (Wildman–Crippen MR) is 76.4 cm³/mol. The lowest BCUT2D eigenvalue weighted by Gasteiger charge is -2.21. The molecule has 1 fully saturated rings. The van der Waals surface area contributed by atoms with Crippen molar-refractivity contribution in [2.75, 3.05) is 20.8 Å². The molecule has 3 atom stereocenters. The van der Waals surface area contributed by atoms with Crippen molar-refractivity contribution >= 4 is 6.09 Å². The normalized spacial score (nSPS) is 22.4. The SMILES string of the molecule is CO[C@@H]1OC(=O)N(C)C1c1ccc(OCC[C@@H](O)C(F)(F)F)cc1. The summed E-state index contributed by atoms with van der Waals surface area (Å²) in [4.78, 5) is 13.0. The van der Waals surface area contributed by atoms with Gasteiger partial charge in [-0.1, -0.05) is 12.1 Å². The first-order valence-corrected chi connectivity index (χ1v) is 7.18. The summed E-state index contributed by atoms with van der Waals surface area (Å²) in [6.07, 6.45) is -8.86. The number of hydrogen-bond donors (Lipinski definition) is 1. The van der Waals surface area contributed by atoms with Crippen LogP contribution in [0.2, 0.25) is 0 Å². The zero-order valence-electron chi connectivity index (χ0n) is 13.1. The number of ether oxygens (including phenoxy) is 3. The standard InChI is InChI=1S/C15H18F3NO5/c1-19-12(13(22-2)24-14(19)21)9-3-5-10(6-4-9)23-8-7-11(20)15(16,17)18/h3-6,11-13,20H,7-8H2,1-2H3/t11-,12?,13-/m1/s1. The van der Waals surface area contributed by atoms with Crippen molar-refractivity contribution < 1.29 is 37.3 Å². The van der Waals surface area contributed by atoms with Gasteiger partial charge in [-0.15, -0.1) is 0 Å². The van der Waals surface area contributed by atoms with E-state index in [0.717, 1.165) is 5.56 Å². The molecular weight excluding hydrogens is 331 g/mol. The second-order valence-electron chi connectivity index (χ2n) is 5.31. The number of benzene rings is 1.